The summed E-state index contributed by atoms with van der Waals surface area (Å²) in [5.41, 5.74) is 7.19. The van der Waals surface area contributed by atoms with Gasteiger partial charge < -0.3 is 9.47 Å². The molecule has 5 heterocycles. The molecule has 0 fully saturated rings. The van der Waals surface area contributed by atoms with E-state index in [1.165, 1.54) is 0 Å². The Hall–Kier alpha value is -7.32. The minimum absolute atomic E-state index is 0.565. The SMILES string of the molecule is Cc1ccnc(-n2c3ccccc3c3ccc(Oc4cc(Oc5ccc6c7ccccc7n(-c7cc(C)ccn7)c6c5)cc(-c5ncccn5)c4)cc32)c1. The van der Waals surface area contributed by atoms with Crippen molar-refractivity contribution in [1.82, 2.24) is 29.1 Å². The largest absolute Gasteiger partial charge is 0.457 e. The van der Waals surface area contributed by atoms with Crippen molar-refractivity contribution in [3.63, 3.8) is 0 Å². The van der Waals surface area contributed by atoms with Crippen LogP contribution >= 0.6 is 0 Å². The summed E-state index contributed by atoms with van der Waals surface area (Å²) in [5, 5.41) is 4.53. The van der Waals surface area contributed by atoms with Gasteiger partial charge in [0.05, 0.1) is 22.1 Å². The van der Waals surface area contributed by atoms with Crippen LogP contribution in [-0.4, -0.2) is 29.1 Å². The number of nitrogens with zero attached hydrogens (tertiary/aromatic N) is 6. The first-order valence-corrected chi connectivity index (χ1v) is 17.8. The van der Waals surface area contributed by atoms with Crippen LogP contribution in [0.4, 0.5) is 0 Å². The molecule has 5 aromatic carbocycles. The Labute approximate surface area is 310 Å². The van der Waals surface area contributed by atoms with Gasteiger partial charge in [-0.25, -0.2) is 19.9 Å². The number of hydrogen-bond acceptors (Lipinski definition) is 6. The Morgan fingerprint density at radius 1 is 0.389 bits per heavy atom. The number of ether oxygens (including phenoxy) is 2. The van der Waals surface area contributed by atoms with Gasteiger partial charge in [-0.05, 0) is 104 Å². The maximum Gasteiger partial charge on any atom is 0.159 e. The molecule has 0 bridgehead atoms. The number of aryl methyl sites for hydroxylation is 2. The predicted octanol–water partition coefficient (Wildman–Crippen LogP) is 11.3. The number of rotatable bonds is 7. The molecule has 10 aromatic rings. The van der Waals surface area contributed by atoms with Gasteiger partial charge in [-0.15, -0.1) is 0 Å². The van der Waals surface area contributed by atoms with Crippen LogP contribution in [0.15, 0.2) is 158 Å². The molecule has 0 aliphatic heterocycles. The second-order valence-electron chi connectivity index (χ2n) is 13.4. The zero-order valence-electron chi connectivity index (χ0n) is 29.5. The average Bonchev–Trinajstić information content (AvgIpc) is 3.70. The van der Waals surface area contributed by atoms with Gasteiger partial charge in [0.15, 0.2) is 5.82 Å². The Morgan fingerprint density at radius 3 is 1.37 bits per heavy atom. The number of pyridine rings is 2. The monoisotopic (exact) mass is 700 g/mol. The molecule has 0 spiro atoms. The van der Waals surface area contributed by atoms with Crippen molar-refractivity contribution < 1.29 is 9.47 Å². The van der Waals surface area contributed by atoms with Crippen LogP contribution in [0, 0.1) is 13.8 Å². The van der Waals surface area contributed by atoms with Crippen molar-refractivity contribution >= 4 is 43.6 Å². The molecule has 0 aliphatic rings. The Bertz CT molecular complexity index is 2860. The lowest BCUT2D eigenvalue weighted by atomic mass is 10.1. The zero-order valence-corrected chi connectivity index (χ0v) is 29.5. The molecular formula is C46H32N6O2. The van der Waals surface area contributed by atoms with E-state index in [4.69, 9.17) is 19.4 Å². The van der Waals surface area contributed by atoms with Crippen molar-refractivity contribution in [3.8, 4) is 46.0 Å². The van der Waals surface area contributed by atoms with Crippen LogP contribution in [0.25, 0.3) is 66.6 Å². The summed E-state index contributed by atoms with van der Waals surface area (Å²) in [4.78, 5) is 18.5. The fourth-order valence-corrected chi connectivity index (χ4v) is 7.35. The molecule has 0 saturated heterocycles. The standard InChI is InChI=1S/C46H32N6O2/c1-29-16-20-47-44(22-29)51-40-10-5-3-8-36(40)38-14-12-32(27-42(38)51)53-34-24-31(46-49-18-7-19-50-46)25-35(26-34)54-33-13-15-39-37-9-4-6-11-41(37)52(43(39)28-33)45-23-30(2)17-21-48-45/h3-28H,1-2H3. The quantitative estimate of drug-likeness (QED) is 0.165. The van der Waals surface area contributed by atoms with Crippen LogP contribution in [0.5, 0.6) is 23.0 Å². The molecule has 0 N–H and O–H groups in total. The molecule has 0 amide bonds. The fourth-order valence-electron chi connectivity index (χ4n) is 7.35. The van der Waals surface area contributed by atoms with E-state index in [1.807, 2.05) is 54.9 Å². The summed E-state index contributed by atoms with van der Waals surface area (Å²) in [7, 11) is 0. The molecule has 0 atom stereocenters. The molecule has 10 rings (SSSR count). The van der Waals surface area contributed by atoms with Gasteiger partial charge in [0.2, 0.25) is 0 Å². The summed E-state index contributed by atoms with van der Waals surface area (Å²) in [6, 6.07) is 44.9. The van der Waals surface area contributed by atoms with Gasteiger partial charge in [0.25, 0.3) is 0 Å². The van der Waals surface area contributed by atoms with Gasteiger partial charge in [-0.2, -0.15) is 0 Å². The molecule has 8 nitrogen and oxygen atoms in total. The van der Waals surface area contributed by atoms with Crippen molar-refractivity contribution in [2.24, 2.45) is 0 Å². The van der Waals surface area contributed by atoms with Crippen LogP contribution in [-0.2, 0) is 0 Å². The number of para-hydroxylation sites is 2. The van der Waals surface area contributed by atoms with E-state index < -0.39 is 0 Å². The smallest absolute Gasteiger partial charge is 0.159 e. The minimum Gasteiger partial charge on any atom is -0.457 e. The second-order valence-corrected chi connectivity index (χ2v) is 13.4. The van der Waals surface area contributed by atoms with Crippen LogP contribution in [0.1, 0.15) is 11.1 Å². The van der Waals surface area contributed by atoms with E-state index in [0.717, 1.165) is 71.9 Å². The Kier molecular flexibility index (Phi) is 7.40. The van der Waals surface area contributed by atoms with Crippen molar-refractivity contribution in [1.29, 1.82) is 0 Å². The van der Waals surface area contributed by atoms with Gasteiger partial charge >= 0.3 is 0 Å². The van der Waals surface area contributed by atoms with Crippen LogP contribution in [0.2, 0.25) is 0 Å². The third-order valence-electron chi connectivity index (χ3n) is 9.73. The molecule has 54 heavy (non-hydrogen) atoms. The van der Waals surface area contributed by atoms with Gasteiger partial charge in [0.1, 0.15) is 34.6 Å². The first-order chi connectivity index (χ1) is 26.6. The molecule has 0 aliphatic carbocycles. The third kappa shape index (κ3) is 5.48. The lowest BCUT2D eigenvalue weighted by Gasteiger charge is -2.13. The highest BCUT2D eigenvalue weighted by Crippen LogP contribution is 2.39. The molecule has 0 radical (unpaired) electrons. The molecule has 0 unspecified atom stereocenters. The van der Waals surface area contributed by atoms with E-state index in [9.17, 15) is 0 Å². The predicted molar refractivity (Wildman–Crippen MR) is 214 cm³/mol. The van der Waals surface area contributed by atoms with Gasteiger partial charge in [-0.3, -0.25) is 9.13 Å². The zero-order chi connectivity index (χ0) is 36.2. The number of aromatic nitrogens is 6. The Morgan fingerprint density at radius 2 is 0.870 bits per heavy atom. The maximum atomic E-state index is 6.65. The first-order valence-electron chi connectivity index (χ1n) is 17.8. The average molecular weight is 701 g/mol. The number of benzene rings is 5. The number of hydrogen-bond donors (Lipinski definition) is 0. The van der Waals surface area contributed by atoms with Crippen molar-refractivity contribution in [2.45, 2.75) is 13.8 Å². The summed E-state index contributed by atoms with van der Waals surface area (Å²) < 4.78 is 17.7. The summed E-state index contributed by atoms with van der Waals surface area (Å²) in [6.07, 6.45) is 7.16. The Balaban J connectivity index is 1.07. The molecule has 258 valence electrons. The van der Waals surface area contributed by atoms with Crippen molar-refractivity contribution in [2.75, 3.05) is 0 Å². The fraction of sp³-hybridized carbons (Fsp3) is 0.0435. The van der Waals surface area contributed by atoms with E-state index in [0.29, 0.717) is 28.8 Å². The second kappa shape index (κ2) is 12.7. The van der Waals surface area contributed by atoms with Crippen LogP contribution in [0.3, 0.4) is 0 Å². The normalized spacial score (nSPS) is 11.5. The first kappa shape index (κ1) is 31.4. The van der Waals surface area contributed by atoms with E-state index in [1.54, 1.807) is 18.5 Å². The van der Waals surface area contributed by atoms with Crippen molar-refractivity contribution in [3.05, 3.63) is 169 Å². The maximum absolute atomic E-state index is 6.65. The summed E-state index contributed by atoms with van der Waals surface area (Å²) >= 11 is 0. The topological polar surface area (TPSA) is 79.9 Å². The highest BCUT2D eigenvalue weighted by atomic mass is 16.5. The third-order valence-corrected chi connectivity index (χ3v) is 9.73. The molecule has 0 saturated carbocycles. The lowest BCUT2D eigenvalue weighted by Crippen LogP contribution is -1.98. The van der Waals surface area contributed by atoms with Gasteiger partial charge in [0, 0.05) is 70.1 Å². The van der Waals surface area contributed by atoms with E-state index >= 15 is 0 Å². The van der Waals surface area contributed by atoms with Crippen LogP contribution < -0.4 is 9.47 Å². The molecule has 5 aromatic heterocycles. The van der Waals surface area contributed by atoms with E-state index in [2.05, 4.69) is 118 Å². The summed E-state index contributed by atoms with van der Waals surface area (Å²) in [6.45, 7) is 4.16. The number of fused-ring (bicyclic) bond motifs is 6. The molecule has 8 heteroatoms. The molecular weight excluding hydrogens is 669 g/mol. The van der Waals surface area contributed by atoms with Gasteiger partial charge in [-0.1, -0.05) is 36.4 Å². The highest BCUT2D eigenvalue weighted by Gasteiger charge is 2.17. The minimum atomic E-state index is 0.565. The summed E-state index contributed by atoms with van der Waals surface area (Å²) in [5.74, 6) is 4.79. The lowest BCUT2D eigenvalue weighted by molar-refractivity contribution is 0.461. The van der Waals surface area contributed by atoms with E-state index in [-0.39, 0.29) is 0 Å². The highest BCUT2D eigenvalue weighted by molar-refractivity contribution is 6.10.